The highest BCUT2D eigenvalue weighted by atomic mass is 35.5. The third-order valence-electron chi connectivity index (χ3n) is 1.98. The van der Waals surface area contributed by atoms with Gasteiger partial charge in [0.1, 0.15) is 5.70 Å². The van der Waals surface area contributed by atoms with Crippen LogP contribution in [0.2, 0.25) is 0 Å². The summed E-state index contributed by atoms with van der Waals surface area (Å²) in [5.74, 6) is 0. The highest BCUT2D eigenvalue weighted by molar-refractivity contribution is 6.15. The quantitative estimate of drug-likeness (QED) is 0.575. The minimum Gasteiger partial charge on any atom is -0.301 e. The van der Waals surface area contributed by atoms with Crippen molar-refractivity contribution >= 4 is 11.8 Å². The normalized spacial score (nSPS) is 21.1. The fourth-order valence-electron chi connectivity index (χ4n) is 1.46. The zero-order valence-corrected chi connectivity index (χ0v) is 7.76. The summed E-state index contributed by atoms with van der Waals surface area (Å²) in [5, 5.41) is 1.95. The molecule has 0 spiro atoms. The van der Waals surface area contributed by atoms with Gasteiger partial charge in [-0.25, -0.2) is 0 Å². The smallest absolute Gasteiger partial charge is 0.103 e. The molecular weight excluding hydrogens is 174 g/mol. The standard InChI is InChI=1S/C8H10ClN3/c1-6-8-7(11(2)10-6)4-3-5-12(8)9/h3-5,10H,1-2H3. The second-order valence-electron chi connectivity index (χ2n) is 2.85. The number of hydrogen-bond acceptors (Lipinski definition) is 3. The Bertz CT molecular complexity index is 303. The van der Waals surface area contributed by atoms with E-state index in [0.717, 1.165) is 17.1 Å². The topological polar surface area (TPSA) is 18.5 Å². The molecule has 2 aliphatic heterocycles. The molecular formula is C8H10ClN3. The number of hydrazine groups is 1. The summed E-state index contributed by atoms with van der Waals surface area (Å²) in [5.41, 5.74) is 6.37. The van der Waals surface area contributed by atoms with Crippen LogP contribution >= 0.6 is 11.8 Å². The third-order valence-corrected chi connectivity index (χ3v) is 2.26. The van der Waals surface area contributed by atoms with E-state index in [2.05, 4.69) is 5.43 Å². The van der Waals surface area contributed by atoms with Crippen LogP contribution in [-0.2, 0) is 0 Å². The van der Waals surface area contributed by atoms with E-state index in [-0.39, 0.29) is 0 Å². The summed E-state index contributed by atoms with van der Waals surface area (Å²) in [4.78, 5) is 0. The molecule has 0 bridgehead atoms. The van der Waals surface area contributed by atoms with Gasteiger partial charge in [-0.2, -0.15) is 0 Å². The van der Waals surface area contributed by atoms with Crippen molar-refractivity contribution in [3.63, 3.8) is 0 Å². The van der Waals surface area contributed by atoms with Crippen LogP contribution in [0.5, 0.6) is 0 Å². The fraction of sp³-hybridized carbons (Fsp3) is 0.250. The van der Waals surface area contributed by atoms with Crippen molar-refractivity contribution in [3.05, 3.63) is 35.4 Å². The molecule has 1 N–H and O–H groups in total. The van der Waals surface area contributed by atoms with Crippen molar-refractivity contribution in [3.8, 4) is 0 Å². The zero-order chi connectivity index (χ0) is 8.72. The Morgan fingerprint density at radius 2 is 2.25 bits per heavy atom. The van der Waals surface area contributed by atoms with Gasteiger partial charge in [0.2, 0.25) is 0 Å². The number of fused-ring (bicyclic) bond motifs is 1. The molecule has 0 aromatic rings. The van der Waals surface area contributed by atoms with Crippen LogP contribution in [0, 0.1) is 0 Å². The summed E-state index contributed by atoms with van der Waals surface area (Å²) in [7, 11) is 1.96. The van der Waals surface area contributed by atoms with Gasteiger partial charge in [-0.05, 0) is 19.1 Å². The summed E-state index contributed by atoms with van der Waals surface area (Å²) >= 11 is 5.96. The van der Waals surface area contributed by atoms with Gasteiger partial charge in [-0.3, -0.25) is 9.43 Å². The van der Waals surface area contributed by atoms with Gasteiger partial charge in [0.05, 0.1) is 11.4 Å². The average Bonchev–Trinajstić information content (AvgIpc) is 2.29. The Labute approximate surface area is 76.7 Å². The second-order valence-corrected chi connectivity index (χ2v) is 3.21. The number of nitrogens with zero attached hydrogens (tertiary/aromatic N) is 2. The Kier molecular flexibility index (Phi) is 1.54. The lowest BCUT2D eigenvalue weighted by Crippen LogP contribution is -2.26. The van der Waals surface area contributed by atoms with Gasteiger partial charge < -0.3 is 5.43 Å². The molecule has 0 amide bonds. The molecule has 0 radical (unpaired) electrons. The van der Waals surface area contributed by atoms with Crippen LogP contribution in [0.15, 0.2) is 35.4 Å². The van der Waals surface area contributed by atoms with E-state index in [1.807, 2.05) is 37.3 Å². The predicted molar refractivity (Wildman–Crippen MR) is 48.5 cm³/mol. The van der Waals surface area contributed by atoms with Gasteiger partial charge in [-0.1, -0.05) is 0 Å². The minimum atomic E-state index is 1.03. The summed E-state index contributed by atoms with van der Waals surface area (Å²) in [6.45, 7) is 2.00. The molecule has 0 aliphatic carbocycles. The van der Waals surface area contributed by atoms with E-state index in [1.165, 1.54) is 0 Å². The molecule has 64 valence electrons. The van der Waals surface area contributed by atoms with E-state index >= 15 is 0 Å². The average molecular weight is 184 g/mol. The van der Waals surface area contributed by atoms with Crippen molar-refractivity contribution in [1.29, 1.82) is 0 Å². The highest BCUT2D eigenvalue weighted by Gasteiger charge is 2.25. The first-order chi connectivity index (χ1) is 5.70. The Hall–Kier alpha value is -1.09. The van der Waals surface area contributed by atoms with E-state index in [9.17, 15) is 0 Å². The van der Waals surface area contributed by atoms with Gasteiger partial charge in [0.25, 0.3) is 0 Å². The van der Waals surface area contributed by atoms with Gasteiger partial charge >= 0.3 is 0 Å². The van der Waals surface area contributed by atoms with Crippen LogP contribution in [-0.4, -0.2) is 16.5 Å². The van der Waals surface area contributed by atoms with Gasteiger partial charge in [0, 0.05) is 25.0 Å². The minimum absolute atomic E-state index is 1.03. The number of rotatable bonds is 0. The first kappa shape index (κ1) is 7.55. The Morgan fingerprint density at radius 1 is 1.50 bits per heavy atom. The molecule has 2 heterocycles. The lowest BCUT2D eigenvalue weighted by Gasteiger charge is -2.20. The largest absolute Gasteiger partial charge is 0.301 e. The maximum Gasteiger partial charge on any atom is 0.103 e. The Balaban J connectivity index is 2.46. The van der Waals surface area contributed by atoms with Crippen LogP contribution in [0.25, 0.3) is 0 Å². The molecule has 2 aliphatic rings. The van der Waals surface area contributed by atoms with Gasteiger partial charge in [0.15, 0.2) is 0 Å². The van der Waals surface area contributed by atoms with Crippen molar-refractivity contribution < 1.29 is 0 Å². The van der Waals surface area contributed by atoms with Crippen molar-refractivity contribution in [1.82, 2.24) is 14.9 Å². The summed E-state index contributed by atoms with van der Waals surface area (Å²) in [6.07, 6.45) is 5.77. The second kappa shape index (κ2) is 2.45. The van der Waals surface area contributed by atoms with E-state index in [1.54, 1.807) is 4.42 Å². The van der Waals surface area contributed by atoms with Crippen molar-refractivity contribution in [2.24, 2.45) is 0 Å². The van der Waals surface area contributed by atoms with E-state index in [4.69, 9.17) is 11.8 Å². The molecule has 0 aromatic heterocycles. The maximum absolute atomic E-state index is 5.96. The van der Waals surface area contributed by atoms with Crippen molar-refractivity contribution in [2.75, 3.05) is 7.05 Å². The molecule has 0 saturated heterocycles. The number of hydrogen-bond donors (Lipinski definition) is 1. The molecule has 0 unspecified atom stereocenters. The Morgan fingerprint density at radius 3 is 2.92 bits per heavy atom. The molecule has 3 nitrogen and oxygen atoms in total. The third kappa shape index (κ3) is 0.898. The molecule has 12 heavy (non-hydrogen) atoms. The molecule has 0 atom stereocenters. The van der Waals surface area contributed by atoms with Gasteiger partial charge in [-0.15, -0.1) is 0 Å². The molecule has 0 saturated carbocycles. The van der Waals surface area contributed by atoms with Crippen LogP contribution in [0.4, 0.5) is 0 Å². The SMILES string of the molecule is CC1=C2C(=CC=CN2Cl)N(C)N1. The number of halogens is 1. The molecule has 0 aromatic carbocycles. The van der Waals surface area contributed by atoms with Crippen molar-refractivity contribution in [2.45, 2.75) is 6.92 Å². The monoisotopic (exact) mass is 183 g/mol. The van der Waals surface area contributed by atoms with E-state index < -0.39 is 0 Å². The molecule has 4 heteroatoms. The lowest BCUT2D eigenvalue weighted by molar-refractivity contribution is 0.368. The van der Waals surface area contributed by atoms with E-state index in [0.29, 0.717) is 0 Å². The maximum atomic E-state index is 5.96. The number of likely N-dealkylation sites (N-methyl/N-ethyl adjacent to an activating group) is 1. The zero-order valence-electron chi connectivity index (χ0n) is 7.00. The highest BCUT2D eigenvalue weighted by Crippen LogP contribution is 2.30. The number of allylic oxidation sites excluding steroid dienone is 3. The van der Waals surface area contributed by atoms with Crippen LogP contribution in [0.1, 0.15) is 6.92 Å². The summed E-state index contributed by atoms with van der Waals surface area (Å²) < 4.78 is 1.60. The predicted octanol–water partition coefficient (Wildman–Crippen LogP) is 1.53. The first-order valence-electron chi connectivity index (χ1n) is 3.75. The first-order valence-corrected chi connectivity index (χ1v) is 4.09. The van der Waals surface area contributed by atoms with Crippen LogP contribution in [0.3, 0.4) is 0 Å². The lowest BCUT2D eigenvalue weighted by atomic mass is 10.2. The molecule has 2 rings (SSSR count). The molecule has 0 fully saturated rings. The number of nitrogens with one attached hydrogen (secondary N) is 1. The summed E-state index contributed by atoms with van der Waals surface area (Å²) in [6, 6.07) is 0. The fourth-order valence-corrected chi connectivity index (χ4v) is 1.74. The van der Waals surface area contributed by atoms with Crippen LogP contribution < -0.4 is 5.43 Å².